The van der Waals surface area contributed by atoms with Crippen molar-refractivity contribution in [2.45, 2.75) is 19.3 Å². The van der Waals surface area contributed by atoms with Gasteiger partial charge in [-0.05, 0) is 30.0 Å². The van der Waals surface area contributed by atoms with Gasteiger partial charge in [0, 0.05) is 5.92 Å². The Hall–Kier alpha value is -1.82. The van der Waals surface area contributed by atoms with Crippen molar-refractivity contribution in [1.82, 2.24) is 0 Å². The van der Waals surface area contributed by atoms with E-state index < -0.39 is 5.92 Å². The van der Waals surface area contributed by atoms with Crippen LogP contribution in [0.5, 0.6) is 5.75 Å². The van der Waals surface area contributed by atoms with E-state index in [0.29, 0.717) is 11.7 Å². The second kappa shape index (κ2) is 4.58. The SMILES string of the molecule is COc1cccc(C(C#N)C(=O)C2CC2C)c1. The number of ketones is 1. The standard InChI is InChI=1S/C14H15NO2/c1-9-6-12(9)14(16)13(8-15)10-4-3-5-11(7-10)17-2/h3-5,7,9,12-13H,6H2,1-2H3. The van der Waals surface area contributed by atoms with Crippen LogP contribution in [0.3, 0.4) is 0 Å². The zero-order valence-electron chi connectivity index (χ0n) is 10.0. The van der Waals surface area contributed by atoms with E-state index in [1.54, 1.807) is 19.2 Å². The molecule has 0 amide bonds. The molecule has 1 aliphatic carbocycles. The van der Waals surface area contributed by atoms with E-state index >= 15 is 0 Å². The molecule has 1 fully saturated rings. The summed E-state index contributed by atoms with van der Waals surface area (Å²) in [5.74, 6) is 0.586. The van der Waals surface area contributed by atoms with E-state index in [-0.39, 0.29) is 11.7 Å². The van der Waals surface area contributed by atoms with Gasteiger partial charge in [0.2, 0.25) is 0 Å². The molecule has 3 heteroatoms. The van der Waals surface area contributed by atoms with Gasteiger partial charge in [0.15, 0.2) is 5.78 Å². The normalized spacial score (nSPS) is 23.6. The van der Waals surface area contributed by atoms with Crippen LogP contribution in [0.2, 0.25) is 0 Å². The molecule has 17 heavy (non-hydrogen) atoms. The molecule has 0 spiro atoms. The van der Waals surface area contributed by atoms with Crippen LogP contribution in [0, 0.1) is 23.2 Å². The van der Waals surface area contributed by atoms with Crippen LogP contribution in [0.15, 0.2) is 24.3 Å². The molecule has 0 saturated heterocycles. The Morgan fingerprint density at radius 3 is 2.82 bits per heavy atom. The number of hydrogen-bond donors (Lipinski definition) is 0. The summed E-state index contributed by atoms with van der Waals surface area (Å²) in [5, 5.41) is 9.16. The monoisotopic (exact) mass is 229 g/mol. The van der Waals surface area contributed by atoms with E-state index in [4.69, 9.17) is 10.00 Å². The number of nitriles is 1. The highest BCUT2D eigenvalue weighted by atomic mass is 16.5. The summed E-state index contributed by atoms with van der Waals surface area (Å²) in [6.07, 6.45) is 0.918. The summed E-state index contributed by atoms with van der Waals surface area (Å²) < 4.78 is 5.11. The van der Waals surface area contributed by atoms with Crippen LogP contribution in [-0.4, -0.2) is 12.9 Å². The lowest BCUT2D eigenvalue weighted by Crippen LogP contribution is -2.13. The molecule has 3 unspecified atom stereocenters. The Morgan fingerprint density at radius 1 is 1.59 bits per heavy atom. The topological polar surface area (TPSA) is 50.1 Å². The van der Waals surface area contributed by atoms with E-state index in [1.807, 2.05) is 19.1 Å². The van der Waals surface area contributed by atoms with Gasteiger partial charge < -0.3 is 4.74 Å². The van der Waals surface area contributed by atoms with Gasteiger partial charge in [-0.25, -0.2) is 0 Å². The van der Waals surface area contributed by atoms with Crippen molar-refractivity contribution < 1.29 is 9.53 Å². The Bertz CT molecular complexity index is 475. The molecule has 88 valence electrons. The number of benzene rings is 1. The van der Waals surface area contributed by atoms with Crippen LogP contribution >= 0.6 is 0 Å². The predicted molar refractivity (Wildman–Crippen MR) is 63.6 cm³/mol. The average molecular weight is 229 g/mol. The zero-order chi connectivity index (χ0) is 12.4. The van der Waals surface area contributed by atoms with Gasteiger partial charge in [-0.15, -0.1) is 0 Å². The van der Waals surface area contributed by atoms with Crippen molar-refractivity contribution in [3.05, 3.63) is 29.8 Å². The first-order chi connectivity index (χ1) is 8.17. The highest BCUT2D eigenvalue weighted by Gasteiger charge is 2.42. The maximum Gasteiger partial charge on any atom is 0.157 e. The number of carbonyl (C=O) groups excluding carboxylic acids is 1. The number of methoxy groups -OCH3 is 1. The molecule has 1 aliphatic rings. The summed E-state index contributed by atoms with van der Waals surface area (Å²) >= 11 is 0. The Balaban J connectivity index is 2.23. The minimum atomic E-state index is -0.653. The Kier molecular flexibility index (Phi) is 3.14. The van der Waals surface area contributed by atoms with Crippen LogP contribution in [0.25, 0.3) is 0 Å². The summed E-state index contributed by atoms with van der Waals surface area (Å²) in [7, 11) is 1.57. The lowest BCUT2D eigenvalue weighted by molar-refractivity contribution is -0.120. The van der Waals surface area contributed by atoms with Gasteiger partial charge in [-0.3, -0.25) is 4.79 Å². The van der Waals surface area contributed by atoms with Crippen LogP contribution in [0.1, 0.15) is 24.8 Å². The lowest BCUT2D eigenvalue weighted by Gasteiger charge is -2.09. The van der Waals surface area contributed by atoms with E-state index in [1.165, 1.54) is 0 Å². The number of Topliss-reactive ketones (excluding diaryl/α,β-unsaturated/α-hetero) is 1. The van der Waals surface area contributed by atoms with Crippen molar-refractivity contribution in [2.75, 3.05) is 7.11 Å². The predicted octanol–water partition coefficient (Wildman–Crippen LogP) is 2.53. The van der Waals surface area contributed by atoms with Crippen LogP contribution in [-0.2, 0) is 4.79 Å². The molecule has 1 saturated carbocycles. The van der Waals surface area contributed by atoms with Gasteiger partial charge in [0.05, 0.1) is 13.2 Å². The number of hydrogen-bond acceptors (Lipinski definition) is 3. The molecule has 0 aliphatic heterocycles. The Labute approximate surface area is 101 Å². The summed E-state index contributed by atoms with van der Waals surface area (Å²) in [5.41, 5.74) is 0.732. The van der Waals surface area contributed by atoms with Gasteiger partial charge in [0.1, 0.15) is 11.7 Å². The number of rotatable bonds is 4. The average Bonchev–Trinajstić information content (AvgIpc) is 3.07. The fourth-order valence-corrected chi connectivity index (χ4v) is 2.06. The Morgan fingerprint density at radius 2 is 2.29 bits per heavy atom. The van der Waals surface area contributed by atoms with Crippen molar-refractivity contribution in [3.63, 3.8) is 0 Å². The first-order valence-electron chi connectivity index (χ1n) is 5.74. The van der Waals surface area contributed by atoms with Gasteiger partial charge in [-0.2, -0.15) is 5.26 Å². The summed E-state index contributed by atoms with van der Waals surface area (Å²) in [6.45, 7) is 2.04. The largest absolute Gasteiger partial charge is 0.497 e. The fraction of sp³-hybridized carbons (Fsp3) is 0.429. The molecule has 3 atom stereocenters. The second-order valence-electron chi connectivity index (χ2n) is 4.56. The first-order valence-corrected chi connectivity index (χ1v) is 5.74. The van der Waals surface area contributed by atoms with E-state index in [2.05, 4.69) is 6.07 Å². The molecular formula is C14H15NO2. The smallest absolute Gasteiger partial charge is 0.157 e. The molecule has 0 N–H and O–H groups in total. The van der Waals surface area contributed by atoms with Crippen LogP contribution in [0.4, 0.5) is 0 Å². The van der Waals surface area contributed by atoms with E-state index in [0.717, 1.165) is 12.0 Å². The number of ether oxygens (including phenoxy) is 1. The lowest BCUT2D eigenvalue weighted by atomic mass is 9.93. The number of carbonyl (C=O) groups is 1. The number of nitrogens with zero attached hydrogens (tertiary/aromatic N) is 1. The second-order valence-corrected chi connectivity index (χ2v) is 4.56. The molecule has 2 rings (SSSR count). The van der Waals surface area contributed by atoms with E-state index in [9.17, 15) is 4.79 Å². The molecule has 1 aromatic rings. The maximum atomic E-state index is 12.1. The van der Waals surface area contributed by atoms with Crippen LogP contribution < -0.4 is 4.74 Å². The molecule has 0 radical (unpaired) electrons. The van der Waals surface area contributed by atoms with Gasteiger partial charge in [0.25, 0.3) is 0 Å². The van der Waals surface area contributed by atoms with Crippen molar-refractivity contribution in [1.29, 1.82) is 5.26 Å². The maximum absolute atomic E-state index is 12.1. The first kappa shape index (κ1) is 11.7. The molecule has 1 aromatic carbocycles. The summed E-state index contributed by atoms with van der Waals surface area (Å²) in [6, 6.07) is 9.29. The fourth-order valence-electron chi connectivity index (χ4n) is 2.06. The third-order valence-electron chi connectivity index (χ3n) is 3.32. The third-order valence-corrected chi connectivity index (χ3v) is 3.32. The quantitative estimate of drug-likeness (QED) is 0.797. The van der Waals surface area contributed by atoms with Crippen molar-refractivity contribution >= 4 is 5.78 Å². The van der Waals surface area contributed by atoms with Gasteiger partial charge in [-0.1, -0.05) is 19.1 Å². The zero-order valence-corrected chi connectivity index (χ0v) is 10.0. The van der Waals surface area contributed by atoms with Gasteiger partial charge >= 0.3 is 0 Å². The van der Waals surface area contributed by atoms with Crippen molar-refractivity contribution in [2.24, 2.45) is 11.8 Å². The minimum Gasteiger partial charge on any atom is -0.497 e. The molecular weight excluding hydrogens is 214 g/mol. The minimum absolute atomic E-state index is 0.0493. The molecule has 0 heterocycles. The highest BCUT2D eigenvalue weighted by Crippen LogP contribution is 2.42. The molecule has 0 aromatic heterocycles. The van der Waals surface area contributed by atoms with Crippen molar-refractivity contribution in [3.8, 4) is 11.8 Å². The summed E-state index contributed by atoms with van der Waals surface area (Å²) in [4.78, 5) is 12.1. The third kappa shape index (κ3) is 2.31. The molecule has 0 bridgehead atoms. The highest BCUT2D eigenvalue weighted by molar-refractivity contribution is 5.92. The molecule has 3 nitrogen and oxygen atoms in total.